The van der Waals surface area contributed by atoms with Gasteiger partial charge in [0.2, 0.25) is 5.91 Å². The summed E-state index contributed by atoms with van der Waals surface area (Å²) in [4.78, 5) is 23.1. The van der Waals surface area contributed by atoms with Crippen LogP contribution in [0.5, 0.6) is 0 Å². The zero-order chi connectivity index (χ0) is 11.4. The first-order chi connectivity index (χ1) is 7.00. The number of likely N-dealkylation sites (tertiary alicyclic amines) is 1. The lowest BCUT2D eigenvalue weighted by atomic mass is 10.2. The number of aliphatic hydroxyl groups excluding tert-OH is 1. The zero-order valence-corrected chi connectivity index (χ0v) is 8.64. The number of hydrogen-bond acceptors (Lipinski definition) is 4. The second-order valence-corrected chi connectivity index (χ2v) is 3.72. The third kappa shape index (κ3) is 3.49. The largest absolute Gasteiger partial charge is 0.480 e. The third-order valence-electron chi connectivity index (χ3n) is 2.44. The Morgan fingerprint density at radius 1 is 1.53 bits per heavy atom. The lowest BCUT2D eigenvalue weighted by Crippen LogP contribution is -2.40. The summed E-state index contributed by atoms with van der Waals surface area (Å²) in [6, 6.07) is -0.631. The standard InChI is InChI=1S/C9H16N2O4/c1-6(12)10-2-3-11-5-7(13)4-8(11)9(14)15/h7-8,13H,2-5H2,1H3,(H,10,12)(H,14,15). The number of carboxylic acids is 1. The van der Waals surface area contributed by atoms with Crippen LogP contribution in [0.4, 0.5) is 0 Å². The van der Waals surface area contributed by atoms with E-state index < -0.39 is 18.1 Å². The summed E-state index contributed by atoms with van der Waals surface area (Å²) in [5, 5.41) is 20.8. The maximum Gasteiger partial charge on any atom is 0.321 e. The summed E-state index contributed by atoms with van der Waals surface area (Å²) in [5.74, 6) is -1.06. The number of nitrogens with zero attached hydrogens (tertiary/aromatic N) is 1. The Labute approximate surface area is 87.9 Å². The van der Waals surface area contributed by atoms with Crippen molar-refractivity contribution in [2.75, 3.05) is 19.6 Å². The van der Waals surface area contributed by atoms with Crippen molar-refractivity contribution in [3.63, 3.8) is 0 Å². The Bertz CT molecular complexity index is 256. The van der Waals surface area contributed by atoms with Crippen LogP contribution in [0.1, 0.15) is 13.3 Å². The van der Waals surface area contributed by atoms with E-state index in [4.69, 9.17) is 5.11 Å². The van der Waals surface area contributed by atoms with E-state index in [-0.39, 0.29) is 12.3 Å². The molecule has 1 rings (SSSR count). The average Bonchev–Trinajstić information content (AvgIpc) is 2.46. The van der Waals surface area contributed by atoms with Gasteiger partial charge < -0.3 is 15.5 Å². The number of carbonyl (C=O) groups excluding carboxylic acids is 1. The monoisotopic (exact) mass is 216 g/mol. The fraction of sp³-hybridized carbons (Fsp3) is 0.778. The second-order valence-electron chi connectivity index (χ2n) is 3.72. The van der Waals surface area contributed by atoms with Gasteiger partial charge in [-0.2, -0.15) is 0 Å². The van der Waals surface area contributed by atoms with Crippen LogP contribution in [0, 0.1) is 0 Å². The molecule has 2 atom stereocenters. The number of β-amino-alcohol motifs (C(OH)–C–C–N with tert-alkyl or cyclic N) is 1. The molecule has 0 bridgehead atoms. The first-order valence-electron chi connectivity index (χ1n) is 4.90. The SMILES string of the molecule is CC(=O)NCCN1CC(O)CC1C(=O)O. The van der Waals surface area contributed by atoms with Crippen LogP contribution in [0.15, 0.2) is 0 Å². The fourth-order valence-corrected chi connectivity index (χ4v) is 1.76. The number of aliphatic carboxylic acids is 1. The molecule has 0 saturated carbocycles. The fourth-order valence-electron chi connectivity index (χ4n) is 1.76. The van der Waals surface area contributed by atoms with Crippen LogP contribution in [-0.2, 0) is 9.59 Å². The highest BCUT2D eigenvalue weighted by molar-refractivity contribution is 5.74. The molecular formula is C9H16N2O4. The topological polar surface area (TPSA) is 89.9 Å². The minimum Gasteiger partial charge on any atom is -0.480 e. The van der Waals surface area contributed by atoms with Gasteiger partial charge in [0, 0.05) is 33.0 Å². The Kier molecular flexibility index (Phi) is 4.05. The van der Waals surface area contributed by atoms with Gasteiger partial charge in [-0.15, -0.1) is 0 Å². The molecule has 0 aliphatic carbocycles. The van der Waals surface area contributed by atoms with E-state index in [0.29, 0.717) is 19.6 Å². The van der Waals surface area contributed by atoms with Gasteiger partial charge in [0.15, 0.2) is 0 Å². The summed E-state index contributed by atoms with van der Waals surface area (Å²) in [6.07, 6.45) is -0.321. The van der Waals surface area contributed by atoms with Crippen LogP contribution < -0.4 is 5.32 Å². The van der Waals surface area contributed by atoms with E-state index in [1.165, 1.54) is 6.92 Å². The minimum atomic E-state index is -0.922. The van der Waals surface area contributed by atoms with Gasteiger partial charge in [-0.05, 0) is 0 Å². The molecule has 1 aliphatic rings. The van der Waals surface area contributed by atoms with Gasteiger partial charge >= 0.3 is 5.97 Å². The molecule has 6 nitrogen and oxygen atoms in total. The number of nitrogens with one attached hydrogen (secondary N) is 1. The number of carbonyl (C=O) groups is 2. The normalized spacial score (nSPS) is 26.5. The molecule has 0 spiro atoms. The molecule has 2 unspecified atom stereocenters. The highest BCUT2D eigenvalue weighted by Crippen LogP contribution is 2.17. The molecule has 15 heavy (non-hydrogen) atoms. The highest BCUT2D eigenvalue weighted by atomic mass is 16.4. The second kappa shape index (κ2) is 5.09. The summed E-state index contributed by atoms with van der Waals surface area (Å²) in [5.41, 5.74) is 0. The third-order valence-corrected chi connectivity index (χ3v) is 2.44. The van der Waals surface area contributed by atoms with Crippen molar-refractivity contribution >= 4 is 11.9 Å². The van der Waals surface area contributed by atoms with Crippen molar-refractivity contribution in [3.05, 3.63) is 0 Å². The molecule has 0 aromatic carbocycles. The molecule has 1 fully saturated rings. The Morgan fingerprint density at radius 3 is 2.73 bits per heavy atom. The molecule has 0 aromatic heterocycles. The molecule has 0 radical (unpaired) electrons. The Hall–Kier alpha value is -1.14. The highest BCUT2D eigenvalue weighted by Gasteiger charge is 2.35. The molecule has 6 heteroatoms. The first-order valence-corrected chi connectivity index (χ1v) is 4.90. The molecule has 1 heterocycles. The number of hydrogen-bond donors (Lipinski definition) is 3. The van der Waals surface area contributed by atoms with Crippen LogP contribution in [-0.4, -0.2) is 58.8 Å². The van der Waals surface area contributed by atoms with E-state index in [9.17, 15) is 14.7 Å². The van der Waals surface area contributed by atoms with E-state index in [1.807, 2.05) is 0 Å². The zero-order valence-electron chi connectivity index (χ0n) is 8.64. The number of amides is 1. The van der Waals surface area contributed by atoms with E-state index in [1.54, 1.807) is 4.90 Å². The molecule has 1 saturated heterocycles. The van der Waals surface area contributed by atoms with E-state index in [2.05, 4.69) is 5.32 Å². The first kappa shape index (κ1) is 11.9. The molecule has 86 valence electrons. The van der Waals surface area contributed by atoms with E-state index in [0.717, 1.165) is 0 Å². The van der Waals surface area contributed by atoms with Gasteiger partial charge in [-0.25, -0.2) is 0 Å². The average molecular weight is 216 g/mol. The van der Waals surface area contributed by atoms with Crippen LogP contribution in [0.25, 0.3) is 0 Å². The number of carboxylic acid groups (broad SMARTS) is 1. The van der Waals surface area contributed by atoms with Gasteiger partial charge in [-0.3, -0.25) is 14.5 Å². The quantitative estimate of drug-likeness (QED) is 0.540. The maximum absolute atomic E-state index is 10.8. The summed E-state index contributed by atoms with van der Waals surface area (Å²) in [6.45, 7) is 2.63. The van der Waals surface area contributed by atoms with Gasteiger partial charge in [0.25, 0.3) is 0 Å². The van der Waals surface area contributed by atoms with Crippen molar-refractivity contribution in [3.8, 4) is 0 Å². The van der Waals surface area contributed by atoms with Crippen LogP contribution in [0.2, 0.25) is 0 Å². The lowest BCUT2D eigenvalue weighted by Gasteiger charge is -2.20. The summed E-state index contributed by atoms with van der Waals surface area (Å²) >= 11 is 0. The van der Waals surface area contributed by atoms with Gasteiger partial charge in [0.1, 0.15) is 6.04 Å². The molecule has 1 aliphatic heterocycles. The van der Waals surface area contributed by atoms with Crippen molar-refractivity contribution in [1.29, 1.82) is 0 Å². The molecule has 3 N–H and O–H groups in total. The molecular weight excluding hydrogens is 200 g/mol. The maximum atomic E-state index is 10.8. The van der Waals surface area contributed by atoms with Crippen molar-refractivity contribution < 1.29 is 19.8 Å². The van der Waals surface area contributed by atoms with E-state index >= 15 is 0 Å². The number of aliphatic hydroxyl groups is 1. The minimum absolute atomic E-state index is 0.137. The smallest absolute Gasteiger partial charge is 0.321 e. The predicted octanol–water partition coefficient (Wildman–Crippen LogP) is -1.36. The molecule has 1 amide bonds. The Morgan fingerprint density at radius 2 is 2.20 bits per heavy atom. The summed E-state index contributed by atoms with van der Waals surface area (Å²) < 4.78 is 0. The Balaban J connectivity index is 2.38. The molecule has 0 aromatic rings. The van der Waals surface area contributed by atoms with Gasteiger partial charge in [0.05, 0.1) is 6.10 Å². The van der Waals surface area contributed by atoms with Crippen LogP contribution in [0.3, 0.4) is 0 Å². The summed E-state index contributed by atoms with van der Waals surface area (Å²) in [7, 11) is 0. The van der Waals surface area contributed by atoms with Gasteiger partial charge in [-0.1, -0.05) is 0 Å². The predicted molar refractivity (Wildman–Crippen MR) is 52.3 cm³/mol. The van der Waals surface area contributed by atoms with Crippen molar-refractivity contribution in [2.24, 2.45) is 0 Å². The lowest BCUT2D eigenvalue weighted by molar-refractivity contribution is -0.142. The van der Waals surface area contributed by atoms with Crippen molar-refractivity contribution in [1.82, 2.24) is 10.2 Å². The number of rotatable bonds is 4. The van der Waals surface area contributed by atoms with Crippen molar-refractivity contribution in [2.45, 2.75) is 25.5 Å². The van der Waals surface area contributed by atoms with Crippen LogP contribution >= 0.6 is 0 Å².